The summed E-state index contributed by atoms with van der Waals surface area (Å²) in [5.41, 5.74) is -0.561. The van der Waals surface area contributed by atoms with E-state index in [2.05, 4.69) is 0 Å². The van der Waals surface area contributed by atoms with Crippen molar-refractivity contribution in [2.24, 2.45) is 0 Å². The van der Waals surface area contributed by atoms with Gasteiger partial charge in [0.15, 0.2) is 15.9 Å². The normalized spacial score (nSPS) is 19.3. The van der Waals surface area contributed by atoms with Crippen LogP contribution in [0.5, 0.6) is 0 Å². The monoisotopic (exact) mass is 418 g/mol. The van der Waals surface area contributed by atoms with E-state index in [4.69, 9.17) is 16.3 Å². The van der Waals surface area contributed by atoms with Gasteiger partial charge in [-0.15, -0.1) is 0 Å². The molecule has 2 rings (SSSR count). The van der Waals surface area contributed by atoms with Crippen LogP contribution >= 0.6 is 11.6 Å². The molecule has 1 aliphatic heterocycles. The fourth-order valence-corrected chi connectivity index (χ4v) is 4.83. The molecule has 0 spiro atoms. The third kappa shape index (κ3) is 4.95. The largest absolute Gasteiger partial charge is 0.449 e. The number of benzene rings is 1. The number of sulfone groups is 1. The van der Waals surface area contributed by atoms with E-state index < -0.39 is 38.8 Å². The van der Waals surface area contributed by atoms with Crippen LogP contribution in [0.25, 0.3) is 0 Å². The van der Waals surface area contributed by atoms with Gasteiger partial charge in [0.05, 0.1) is 27.0 Å². The number of halogens is 1. The average Bonchev–Trinajstić information content (AvgIpc) is 2.95. The molecule has 1 amide bonds. The molecule has 0 saturated carbocycles. The van der Waals surface area contributed by atoms with Crippen LogP contribution < -0.4 is 0 Å². The van der Waals surface area contributed by atoms with E-state index in [-0.39, 0.29) is 34.3 Å². The molecule has 0 bridgehead atoms. The molecule has 148 valence electrons. The number of carbonyl (C=O) groups is 2. The highest BCUT2D eigenvalue weighted by molar-refractivity contribution is 7.91. The zero-order valence-electron chi connectivity index (χ0n) is 14.8. The highest BCUT2D eigenvalue weighted by Gasteiger charge is 2.36. The predicted octanol–water partition coefficient (Wildman–Crippen LogP) is 1.83. The summed E-state index contributed by atoms with van der Waals surface area (Å²) in [5, 5.41) is 10.8. The van der Waals surface area contributed by atoms with Crippen molar-refractivity contribution in [2.45, 2.75) is 32.4 Å². The Labute approximate surface area is 161 Å². The topological polar surface area (TPSA) is 124 Å². The minimum absolute atomic E-state index is 0.0128. The molecule has 2 atom stereocenters. The minimum atomic E-state index is -3.18. The highest BCUT2D eigenvalue weighted by atomic mass is 35.5. The Kier molecular flexibility index (Phi) is 6.42. The first-order valence-corrected chi connectivity index (χ1v) is 10.4. The smallest absolute Gasteiger partial charge is 0.340 e. The Bertz CT molecular complexity index is 872. The van der Waals surface area contributed by atoms with E-state index in [1.54, 1.807) is 6.92 Å². The molecule has 0 aromatic heterocycles. The minimum Gasteiger partial charge on any atom is -0.449 e. The number of likely N-dealkylation sites (N-methyl/N-ethyl adjacent to an activating group) is 1. The molecule has 0 unspecified atom stereocenters. The van der Waals surface area contributed by atoms with Gasteiger partial charge < -0.3 is 9.64 Å². The van der Waals surface area contributed by atoms with Crippen LogP contribution in [0.15, 0.2) is 18.2 Å². The molecule has 1 aromatic rings. The molecule has 27 heavy (non-hydrogen) atoms. The van der Waals surface area contributed by atoms with Crippen LogP contribution in [0.4, 0.5) is 5.69 Å². The highest BCUT2D eigenvalue weighted by Crippen LogP contribution is 2.24. The van der Waals surface area contributed by atoms with Gasteiger partial charge >= 0.3 is 5.97 Å². The van der Waals surface area contributed by atoms with Gasteiger partial charge in [-0.25, -0.2) is 13.2 Å². The summed E-state index contributed by atoms with van der Waals surface area (Å²) >= 11 is 5.90. The quantitative estimate of drug-likeness (QED) is 0.392. The maximum Gasteiger partial charge on any atom is 0.340 e. The van der Waals surface area contributed by atoms with Crippen molar-refractivity contribution in [1.82, 2.24) is 4.90 Å². The molecule has 1 heterocycles. The molecule has 0 radical (unpaired) electrons. The van der Waals surface area contributed by atoms with Gasteiger partial charge in [-0.3, -0.25) is 14.9 Å². The zero-order valence-corrected chi connectivity index (χ0v) is 16.3. The van der Waals surface area contributed by atoms with Crippen LogP contribution in [0.2, 0.25) is 5.02 Å². The average molecular weight is 419 g/mol. The first-order valence-electron chi connectivity index (χ1n) is 8.21. The van der Waals surface area contributed by atoms with Crippen molar-refractivity contribution in [2.75, 3.05) is 18.1 Å². The van der Waals surface area contributed by atoms with E-state index in [9.17, 15) is 28.1 Å². The lowest BCUT2D eigenvalue weighted by atomic mass is 10.2. The lowest BCUT2D eigenvalue weighted by Gasteiger charge is -2.29. The van der Waals surface area contributed by atoms with Crippen molar-refractivity contribution in [3.05, 3.63) is 38.9 Å². The summed E-state index contributed by atoms with van der Waals surface area (Å²) in [7, 11) is -3.18. The molecular formula is C16H19ClN2O7S. The van der Waals surface area contributed by atoms with E-state index in [1.165, 1.54) is 17.9 Å². The summed E-state index contributed by atoms with van der Waals surface area (Å²) in [5.74, 6) is -1.61. The second-order valence-electron chi connectivity index (χ2n) is 6.15. The Morgan fingerprint density at radius 3 is 2.63 bits per heavy atom. The predicted molar refractivity (Wildman–Crippen MR) is 97.4 cm³/mol. The molecule has 0 aliphatic carbocycles. The molecule has 1 fully saturated rings. The van der Waals surface area contributed by atoms with Gasteiger partial charge in [-0.05, 0) is 26.3 Å². The zero-order chi connectivity index (χ0) is 20.4. The second-order valence-corrected chi connectivity index (χ2v) is 8.79. The summed E-state index contributed by atoms with van der Waals surface area (Å²) in [6.45, 7) is 3.32. The number of amides is 1. The number of nitro benzene ring substituents is 1. The van der Waals surface area contributed by atoms with Crippen molar-refractivity contribution in [3.8, 4) is 0 Å². The van der Waals surface area contributed by atoms with Crippen LogP contribution in [-0.4, -0.2) is 60.3 Å². The summed E-state index contributed by atoms with van der Waals surface area (Å²) in [6.07, 6.45) is -0.865. The molecule has 9 nitrogen and oxygen atoms in total. The van der Waals surface area contributed by atoms with E-state index in [1.807, 2.05) is 0 Å². The maximum atomic E-state index is 12.6. The third-order valence-electron chi connectivity index (χ3n) is 4.29. The number of rotatable bonds is 6. The maximum absolute atomic E-state index is 12.6. The Hall–Kier alpha value is -2.20. The number of hydrogen-bond acceptors (Lipinski definition) is 7. The fraction of sp³-hybridized carbons (Fsp3) is 0.500. The van der Waals surface area contributed by atoms with Gasteiger partial charge in [-0.2, -0.15) is 0 Å². The first-order chi connectivity index (χ1) is 12.6. The van der Waals surface area contributed by atoms with E-state index in [0.717, 1.165) is 12.1 Å². The molecule has 1 aliphatic rings. The number of nitrogens with zero attached hydrogens (tertiary/aromatic N) is 2. The van der Waals surface area contributed by atoms with Crippen molar-refractivity contribution in [1.29, 1.82) is 0 Å². The number of carbonyl (C=O) groups excluding carboxylic acids is 2. The van der Waals surface area contributed by atoms with Crippen LogP contribution in [-0.2, 0) is 19.4 Å². The third-order valence-corrected chi connectivity index (χ3v) is 6.37. The van der Waals surface area contributed by atoms with Gasteiger partial charge in [-0.1, -0.05) is 11.6 Å². The van der Waals surface area contributed by atoms with Gasteiger partial charge in [0.1, 0.15) is 0 Å². The van der Waals surface area contributed by atoms with Crippen LogP contribution in [0, 0.1) is 10.1 Å². The SMILES string of the molecule is CCN(C(=O)[C@H](C)OC(=O)c1cc([N+](=O)[O-])ccc1Cl)[C@@H]1CCS(=O)(=O)C1. The fourth-order valence-electron chi connectivity index (χ4n) is 2.91. The number of nitro groups is 1. The second kappa shape index (κ2) is 8.22. The standard InChI is InChI=1S/C16H19ClN2O7S/c1-3-18(12-6-7-27(24,25)9-12)15(20)10(2)26-16(21)13-8-11(19(22)23)4-5-14(13)17/h4-5,8,10,12H,3,6-7,9H2,1-2H3/t10-,12+/m0/s1. The molecule has 11 heteroatoms. The summed E-state index contributed by atoms with van der Waals surface area (Å²) in [4.78, 5) is 36.4. The van der Waals surface area contributed by atoms with Gasteiger partial charge in [0.2, 0.25) is 0 Å². The summed E-state index contributed by atoms with van der Waals surface area (Å²) in [6, 6.07) is 2.86. The number of ether oxygens (including phenoxy) is 1. The molecular weight excluding hydrogens is 400 g/mol. The van der Waals surface area contributed by atoms with Crippen molar-refractivity contribution >= 4 is 39.0 Å². The van der Waals surface area contributed by atoms with Gasteiger partial charge in [0.25, 0.3) is 11.6 Å². The Balaban J connectivity index is 2.12. The molecule has 0 N–H and O–H groups in total. The lowest BCUT2D eigenvalue weighted by Crippen LogP contribution is -2.46. The molecule has 1 saturated heterocycles. The first kappa shape index (κ1) is 21.1. The number of hydrogen-bond donors (Lipinski definition) is 0. The van der Waals surface area contributed by atoms with Crippen molar-refractivity contribution in [3.63, 3.8) is 0 Å². The van der Waals surface area contributed by atoms with Crippen LogP contribution in [0.1, 0.15) is 30.6 Å². The Morgan fingerprint density at radius 1 is 1.44 bits per heavy atom. The molecule has 1 aromatic carbocycles. The van der Waals surface area contributed by atoms with Crippen molar-refractivity contribution < 1.29 is 27.7 Å². The summed E-state index contributed by atoms with van der Waals surface area (Å²) < 4.78 is 28.4. The van der Waals surface area contributed by atoms with E-state index >= 15 is 0 Å². The van der Waals surface area contributed by atoms with Crippen LogP contribution in [0.3, 0.4) is 0 Å². The number of esters is 1. The number of non-ortho nitro benzene ring substituents is 1. The van der Waals surface area contributed by atoms with E-state index in [0.29, 0.717) is 6.42 Å². The Morgan fingerprint density at radius 2 is 2.11 bits per heavy atom. The lowest BCUT2D eigenvalue weighted by molar-refractivity contribution is -0.384. The van der Waals surface area contributed by atoms with Gasteiger partial charge in [0, 0.05) is 24.7 Å².